The van der Waals surface area contributed by atoms with Crippen LogP contribution in [0.5, 0.6) is 5.75 Å². The van der Waals surface area contributed by atoms with E-state index in [1.165, 1.54) is 18.2 Å². The molecule has 0 spiro atoms. The van der Waals surface area contributed by atoms with Gasteiger partial charge in [0.25, 0.3) is 10.0 Å². The van der Waals surface area contributed by atoms with Crippen LogP contribution in [0, 0.1) is 0 Å². The van der Waals surface area contributed by atoms with Crippen molar-refractivity contribution in [3.63, 3.8) is 0 Å². The minimum absolute atomic E-state index is 0.0112. The highest BCUT2D eigenvalue weighted by atomic mass is 32.2. The monoisotopic (exact) mass is 294 g/mol. The summed E-state index contributed by atoms with van der Waals surface area (Å²) in [6.45, 7) is 0.271. The molecule has 0 atom stereocenters. The second-order valence-electron chi connectivity index (χ2n) is 4.14. The summed E-state index contributed by atoms with van der Waals surface area (Å²) in [6.07, 6.45) is 1.15. The number of hydrogen-bond acceptors (Lipinski definition) is 5. The standard InChI is InChI=1S/C13H14N2O4S/c1-14-9-10-7-8-15(13(17)12(10)16)20(18,19)11-5-3-2-4-6-11/h2-8,14,16H,9H2,1H3. The van der Waals surface area contributed by atoms with Gasteiger partial charge in [0.15, 0.2) is 5.75 Å². The molecule has 106 valence electrons. The third-order valence-electron chi connectivity index (χ3n) is 2.79. The molecule has 0 aliphatic heterocycles. The van der Waals surface area contributed by atoms with E-state index in [0.717, 1.165) is 6.20 Å². The molecule has 0 saturated heterocycles. The number of nitrogens with one attached hydrogen (secondary N) is 1. The van der Waals surface area contributed by atoms with Gasteiger partial charge in [0.1, 0.15) is 0 Å². The van der Waals surface area contributed by atoms with E-state index in [1.807, 2.05) is 0 Å². The molecule has 0 aliphatic rings. The van der Waals surface area contributed by atoms with Gasteiger partial charge >= 0.3 is 5.56 Å². The molecule has 0 aliphatic carbocycles. The Bertz CT molecular complexity index is 767. The van der Waals surface area contributed by atoms with Crippen molar-refractivity contribution in [3.8, 4) is 5.75 Å². The van der Waals surface area contributed by atoms with Crippen molar-refractivity contribution in [2.45, 2.75) is 11.4 Å². The highest BCUT2D eigenvalue weighted by Gasteiger charge is 2.20. The van der Waals surface area contributed by atoms with Gasteiger partial charge in [-0.3, -0.25) is 4.79 Å². The van der Waals surface area contributed by atoms with E-state index in [9.17, 15) is 18.3 Å². The number of hydrogen-bond donors (Lipinski definition) is 2. The predicted octanol–water partition coefficient (Wildman–Crippen LogP) is 0.510. The summed E-state index contributed by atoms with van der Waals surface area (Å²) < 4.78 is 25.2. The topological polar surface area (TPSA) is 88.4 Å². The number of aromatic hydroxyl groups is 1. The zero-order chi connectivity index (χ0) is 14.8. The predicted molar refractivity (Wildman–Crippen MR) is 74.2 cm³/mol. The number of nitrogens with zero attached hydrogens (tertiary/aromatic N) is 1. The lowest BCUT2D eigenvalue weighted by molar-refractivity contribution is 0.454. The minimum Gasteiger partial charge on any atom is -0.503 e. The van der Waals surface area contributed by atoms with Gasteiger partial charge in [0, 0.05) is 18.3 Å². The average Bonchev–Trinajstić information content (AvgIpc) is 2.45. The molecule has 1 aromatic heterocycles. The first kappa shape index (κ1) is 14.3. The lowest BCUT2D eigenvalue weighted by Gasteiger charge is -2.10. The SMILES string of the molecule is CNCc1ccn(S(=O)(=O)c2ccccc2)c(=O)c1O. The van der Waals surface area contributed by atoms with Crippen LogP contribution < -0.4 is 10.9 Å². The van der Waals surface area contributed by atoms with Gasteiger partial charge in [-0.15, -0.1) is 0 Å². The second kappa shape index (κ2) is 5.48. The summed E-state index contributed by atoms with van der Waals surface area (Å²) in [4.78, 5) is 12.0. The van der Waals surface area contributed by atoms with E-state index in [0.29, 0.717) is 9.54 Å². The number of rotatable bonds is 4. The van der Waals surface area contributed by atoms with Crippen LogP contribution >= 0.6 is 0 Å². The Morgan fingerprint density at radius 3 is 2.45 bits per heavy atom. The highest BCUT2D eigenvalue weighted by molar-refractivity contribution is 7.90. The fourth-order valence-corrected chi connectivity index (χ4v) is 3.03. The first-order valence-electron chi connectivity index (χ1n) is 5.87. The van der Waals surface area contributed by atoms with Crippen molar-refractivity contribution < 1.29 is 13.5 Å². The van der Waals surface area contributed by atoms with Crippen molar-refractivity contribution >= 4 is 10.0 Å². The normalized spacial score (nSPS) is 11.4. The molecule has 0 saturated carbocycles. The van der Waals surface area contributed by atoms with Crippen LogP contribution in [0.1, 0.15) is 5.56 Å². The molecular formula is C13H14N2O4S. The van der Waals surface area contributed by atoms with Crippen LogP contribution in [0.15, 0.2) is 52.3 Å². The lowest BCUT2D eigenvalue weighted by Crippen LogP contribution is -2.27. The molecule has 0 bridgehead atoms. The van der Waals surface area contributed by atoms with Crippen LogP contribution in [0.4, 0.5) is 0 Å². The molecule has 1 aromatic carbocycles. The second-order valence-corrected chi connectivity index (χ2v) is 5.95. The van der Waals surface area contributed by atoms with Crippen molar-refractivity contribution in [2.75, 3.05) is 7.05 Å². The molecule has 0 unspecified atom stereocenters. The quantitative estimate of drug-likeness (QED) is 0.858. The van der Waals surface area contributed by atoms with Crippen LogP contribution in [-0.2, 0) is 16.6 Å². The van der Waals surface area contributed by atoms with E-state index in [4.69, 9.17) is 0 Å². The molecule has 1 heterocycles. The van der Waals surface area contributed by atoms with Crippen LogP contribution in [0.3, 0.4) is 0 Å². The summed E-state index contributed by atoms with van der Waals surface area (Å²) >= 11 is 0. The van der Waals surface area contributed by atoms with Gasteiger partial charge in [-0.05, 0) is 25.2 Å². The molecule has 7 heteroatoms. The fourth-order valence-electron chi connectivity index (χ4n) is 1.77. The minimum atomic E-state index is -4.00. The molecule has 20 heavy (non-hydrogen) atoms. The third-order valence-corrected chi connectivity index (χ3v) is 4.46. The highest BCUT2D eigenvalue weighted by Crippen LogP contribution is 2.15. The number of aromatic nitrogens is 1. The van der Waals surface area contributed by atoms with Gasteiger partial charge in [-0.25, -0.2) is 12.4 Å². The van der Waals surface area contributed by atoms with Gasteiger partial charge in [-0.2, -0.15) is 0 Å². The summed E-state index contributed by atoms with van der Waals surface area (Å²) in [5.74, 6) is -0.568. The Morgan fingerprint density at radius 2 is 1.85 bits per heavy atom. The zero-order valence-electron chi connectivity index (χ0n) is 10.8. The number of pyridine rings is 1. The maximum Gasteiger partial charge on any atom is 0.306 e. The average molecular weight is 294 g/mol. The summed E-state index contributed by atoms with van der Waals surface area (Å²) in [6, 6.07) is 8.98. The summed E-state index contributed by atoms with van der Waals surface area (Å²) in [5.41, 5.74) is -0.612. The Labute approximate surface area is 116 Å². The molecule has 2 rings (SSSR count). The fraction of sp³-hybridized carbons (Fsp3) is 0.154. The van der Waals surface area contributed by atoms with Crippen LogP contribution in [0.25, 0.3) is 0 Å². The Kier molecular flexibility index (Phi) is 3.91. The smallest absolute Gasteiger partial charge is 0.306 e. The van der Waals surface area contributed by atoms with Crippen molar-refractivity contribution in [3.05, 3.63) is 58.5 Å². The Morgan fingerprint density at radius 1 is 1.20 bits per heavy atom. The summed E-state index contributed by atoms with van der Waals surface area (Å²) in [5, 5.41) is 12.6. The van der Waals surface area contributed by atoms with E-state index >= 15 is 0 Å². The van der Waals surface area contributed by atoms with Gasteiger partial charge in [0.05, 0.1) is 4.90 Å². The van der Waals surface area contributed by atoms with E-state index < -0.39 is 21.3 Å². The van der Waals surface area contributed by atoms with Crippen molar-refractivity contribution in [1.82, 2.24) is 9.29 Å². The molecule has 6 nitrogen and oxygen atoms in total. The molecule has 0 fully saturated rings. The molecule has 2 N–H and O–H groups in total. The van der Waals surface area contributed by atoms with Gasteiger partial charge in [-0.1, -0.05) is 18.2 Å². The first-order valence-corrected chi connectivity index (χ1v) is 7.31. The molecular weight excluding hydrogens is 280 g/mol. The van der Waals surface area contributed by atoms with Crippen LogP contribution in [0.2, 0.25) is 0 Å². The van der Waals surface area contributed by atoms with Crippen molar-refractivity contribution in [2.24, 2.45) is 0 Å². The molecule has 0 radical (unpaired) electrons. The van der Waals surface area contributed by atoms with E-state index in [2.05, 4.69) is 5.32 Å². The Hall–Kier alpha value is -2.12. The van der Waals surface area contributed by atoms with E-state index in [-0.39, 0.29) is 11.4 Å². The third kappa shape index (κ3) is 2.45. The molecule has 0 amide bonds. The lowest BCUT2D eigenvalue weighted by atomic mass is 10.2. The zero-order valence-corrected chi connectivity index (χ0v) is 11.6. The van der Waals surface area contributed by atoms with Crippen molar-refractivity contribution in [1.29, 1.82) is 0 Å². The van der Waals surface area contributed by atoms with E-state index in [1.54, 1.807) is 25.2 Å². The first-order chi connectivity index (χ1) is 9.48. The molecule has 2 aromatic rings. The Balaban J connectivity index is 2.60. The van der Waals surface area contributed by atoms with Crippen LogP contribution in [-0.4, -0.2) is 24.5 Å². The number of benzene rings is 1. The van der Waals surface area contributed by atoms with Gasteiger partial charge < -0.3 is 10.4 Å². The maximum atomic E-state index is 12.3. The van der Waals surface area contributed by atoms with Gasteiger partial charge in [0.2, 0.25) is 0 Å². The largest absolute Gasteiger partial charge is 0.503 e. The summed E-state index contributed by atoms with van der Waals surface area (Å²) in [7, 11) is -2.34. The maximum absolute atomic E-state index is 12.3.